The van der Waals surface area contributed by atoms with Gasteiger partial charge in [-0.1, -0.05) is 94.4 Å². The van der Waals surface area contributed by atoms with Crippen LogP contribution in [0.5, 0.6) is 0 Å². The Bertz CT molecular complexity index is 1390. The van der Waals surface area contributed by atoms with Gasteiger partial charge in [-0.2, -0.15) is 0 Å². The molecule has 4 aliphatic carbocycles. The Kier molecular flexibility index (Phi) is 10.1. The zero-order valence-electron chi connectivity index (χ0n) is 32.5. The van der Waals surface area contributed by atoms with Crippen molar-refractivity contribution in [1.82, 2.24) is 14.8 Å². The molecule has 0 amide bonds. The summed E-state index contributed by atoms with van der Waals surface area (Å²) >= 11 is 3.56. The smallest absolute Gasteiger partial charge is 0.217 e. The Morgan fingerprint density at radius 1 is 1.10 bits per heavy atom. The number of hydrogen-bond donors (Lipinski definition) is 2. The van der Waals surface area contributed by atoms with Crippen LogP contribution >= 0.6 is 15.9 Å². The predicted octanol–water partition coefficient (Wildman–Crippen LogP) is 10.7. The molecule has 0 radical (unpaired) electrons. The minimum Gasteiger partial charge on any atom is -0.513 e. The van der Waals surface area contributed by atoms with Crippen LogP contribution in [0.4, 0.5) is 0 Å². The van der Waals surface area contributed by atoms with E-state index in [-0.39, 0.29) is 45.1 Å². The van der Waals surface area contributed by atoms with Crippen molar-refractivity contribution in [2.24, 2.45) is 68.3 Å². The first-order chi connectivity index (χ1) is 22.2. The molecule has 1 unspecified atom stereocenters. The van der Waals surface area contributed by atoms with E-state index in [2.05, 4.69) is 121 Å². The molecule has 7 heteroatoms. The average molecular weight is 730 g/mol. The number of hydrogen-bond acceptors (Lipinski definition) is 5. The van der Waals surface area contributed by atoms with Crippen molar-refractivity contribution < 1.29 is 9.84 Å². The number of nitrogens with zero attached hydrogens (tertiary/aromatic N) is 3. The third-order valence-corrected chi connectivity index (χ3v) is 16.9. The maximum Gasteiger partial charge on any atom is 0.217 e. The minimum absolute atomic E-state index is 0.00842. The average Bonchev–Trinajstić information content (AvgIpc) is 3.45. The number of nitrogens with two attached hydrogens (primary N) is 1. The molecule has 0 aliphatic heterocycles. The molecule has 0 saturated heterocycles. The summed E-state index contributed by atoms with van der Waals surface area (Å²) in [6.07, 6.45) is 13.3. The van der Waals surface area contributed by atoms with Gasteiger partial charge in [-0.3, -0.25) is 0 Å². The van der Waals surface area contributed by atoms with Crippen LogP contribution in [0.1, 0.15) is 140 Å². The summed E-state index contributed by atoms with van der Waals surface area (Å²) in [6, 6.07) is 0.0418. The first kappa shape index (κ1) is 38.1. The normalized spacial score (nSPS) is 43.2. The molecule has 48 heavy (non-hydrogen) atoms. The van der Waals surface area contributed by atoms with Crippen LogP contribution in [0.25, 0.3) is 0 Å². The van der Waals surface area contributed by atoms with Crippen molar-refractivity contribution in [2.75, 3.05) is 6.61 Å². The quantitative estimate of drug-likeness (QED) is 0.185. The first-order valence-corrected chi connectivity index (χ1v) is 20.0. The second-order valence-electron chi connectivity index (χ2n) is 18.9. The van der Waals surface area contributed by atoms with Crippen molar-refractivity contribution in [2.45, 2.75) is 152 Å². The van der Waals surface area contributed by atoms with Gasteiger partial charge in [0.1, 0.15) is 6.33 Å². The molecule has 0 bridgehead atoms. The number of aliphatic hydroxyl groups excluding tert-OH is 1. The summed E-state index contributed by atoms with van der Waals surface area (Å²) in [7, 11) is 0. The second kappa shape index (κ2) is 12.8. The van der Waals surface area contributed by atoms with E-state index < -0.39 is 5.54 Å². The first-order valence-electron chi connectivity index (χ1n) is 19.3. The lowest BCUT2D eigenvalue weighted by Gasteiger charge is -2.71. The lowest BCUT2D eigenvalue weighted by Crippen LogP contribution is -2.65. The van der Waals surface area contributed by atoms with Crippen LogP contribution < -0.4 is 5.73 Å². The maximum atomic E-state index is 11.5. The van der Waals surface area contributed by atoms with Gasteiger partial charge in [-0.15, -0.1) is 5.10 Å². The van der Waals surface area contributed by atoms with Crippen LogP contribution in [-0.2, 0) is 4.74 Å². The summed E-state index contributed by atoms with van der Waals surface area (Å²) in [5, 5.41) is 16.4. The largest absolute Gasteiger partial charge is 0.513 e. The van der Waals surface area contributed by atoms with Gasteiger partial charge in [0.15, 0.2) is 0 Å². The summed E-state index contributed by atoms with van der Waals surface area (Å²) in [5.41, 5.74) is 8.08. The SMILES string of the molecule is C=C(O)[C@@H]1[C@@](C)([C@H](C)C(C)C)CC[C@]2(C)[C@H]3CC[C@H]4C(C)(CC)[C@@H](OC[C@](C)(N)C(C)C)[C@H](n5cnc(Br)n5)C[C@]4(CC)C3=CC[C@@]12C. The molecule has 272 valence electrons. The van der Waals surface area contributed by atoms with Crippen molar-refractivity contribution in [1.29, 1.82) is 0 Å². The molecule has 1 aromatic rings. The van der Waals surface area contributed by atoms with Gasteiger partial charge in [0.25, 0.3) is 0 Å². The Balaban J connectivity index is 1.64. The number of ether oxygens (including phenoxy) is 1. The van der Waals surface area contributed by atoms with Gasteiger partial charge >= 0.3 is 0 Å². The highest BCUT2D eigenvalue weighted by atomic mass is 79.9. The number of halogens is 1. The molecular formula is C41H69BrN4O2. The Labute approximate surface area is 301 Å². The molecule has 3 saturated carbocycles. The lowest BCUT2D eigenvalue weighted by atomic mass is 9.34. The van der Waals surface area contributed by atoms with Crippen LogP contribution in [0.15, 0.2) is 35.0 Å². The highest BCUT2D eigenvalue weighted by molar-refractivity contribution is 9.10. The number of allylic oxidation sites excluding steroid dienone is 3. The standard InChI is InChI=1S/C41H69BrN4O2/c1-14-36(9)32-17-16-29-30(18-19-39(12)33(28(8)47)37(10,27(7)25(3)4)20-21-38(29,39)11)41(32,15-2)22-31(46-24-44-35(42)45-46)34(36)48-23-40(13,43)26(5)6/h18,24-27,29,31-34,47H,8,14-17,19-23,43H2,1-7,9-13H3/t27-,29+,31-,32+,33-,34+,36?,37-,38-,39+,40+,41-/m1/s1. The van der Waals surface area contributed by atoms with Crippen LogP contribution in [0.2, 0.25) is 0 Å². The zero-order valence-corrected chi connectivity index (χ0v) is 34.1. The van der Waals surface area contributed by atoms with E-state index in [1.807, 2.05) is 6.33 Å². The van der Waals surface area contributed by atoms with Crippen molar-refractivity contribution in [3.63, 3.8) is 0 Å². The van der Waals surface area contributed by atoms with Crippen LogP contribution in [0, 0.1) is 62.6 Å². The number of rotatable bonds is 10. The van der Waals surface area contributed by atoms with E-state index in [1.165, 1.54) is 19.3 Å². The van der Waals surface area contributed by atoms with Gasteiger partial charge in [-0.25, -0.2) is 9.67 Å². The van der Waals surface area contributed by atoms with Gasteiger partial charge < -0.3 is 15.6 Å². The Hall–Kier alpha value is -1.18. The molecular weight excluding hydrogens is 660 g/mol. The molecule has 0 spiro atoms. The number of aliphatic hydroxyl groups is 1. The highest BCUT2D eigenvalue weighted by Crippen LogP contribution is 2.76. The van der Waals surface area contributed by atoms with Crippen molar-refractivity contribution >= 4 is 15.9 Å². The van der Waals surface area contributed by atoms with E-state index in [9.17, 15) is 5.11 Å². The zero-order chi connectivity index (χ0) is 35.8. The van der Waals surface area contributed by atoms with E-state index in [0.717, 1.165) is 32.1 Å². The van der Waals surface area contributed by atoms with Crippen LogP contribution in [-0.4, -0.2) is 38.1 Å². The molecule has 3 N–H and O–H groups in total. The van der Waals surface area contributed by atoms with Crippen molar-refractivity contribution in [3.8, 4) is 0 Å². The number of aromatic nitrogens is 3. The maximum absolute atomic E-state index is 11.5. The summed E-state index contributed by atoms with van der Waals surface area (Å²) in [5.74, 6) is 2.77. The van der Waals surface area contributed by atoms with Gasteiger partial charge in [0.2, 0.25) is 4.73 Å². The number of fused-ring (bicyclic) bond motifs is 5. The monoisotopic (exact) mass is 728 g/mol. The van der Waals surface area contributed by atoms with E-state index in [1.54, 1.807) is 5.57 Å². The fraction of sp³-hybridized carbons (Fsp3) is 0.854. The van der Waals surface area contributed by atoms with E-state index in [0.29, 0.717) is 46.7 Å². The topological polar surface area (TPSA) is 86.2 Å². The molecule has 0 aromatic carbocycles. The Morgan fingerprint density at radius 3 is 2.29 bits per heavy atom. The lowest BCUT2D eigenvalue weighted by molar-refractivity contribution is -0.200. The predicted molar refractivity (Wildman–Crippen MR) is 201 cm³/mol. The summed E-state index contributed by atoms with van der Waals surface area (Å²) in [4.78, 5) is 4.55. The second-order valence-corrected chi connectivity index (χ2v) is 19.6. The molecule has 6 nitrogen and oxygen atoms in total. The molecule has 1 aromatic heterocycles. The highest BCUT2D eigenvalue weighted by Gasteiger charge is 2.69. The van der Waals surface area contributed by atoms with Gasteiger partial charge in [0, 0.05) is 11.5 Å². The van der Waals surface area contributed by atoms with Gasteiger partial charge in [-0.05, 0) is 131 Å². The fourth-order valence-electron chi connectivity index (χ4n) is 12.3. The minimum atomic E-state index is -0.417. The summed E-state index contributed by atoms with van der Waals surface area (Å²) < 4.78 is 9.83. The molecule has 4 aliphatic rings. The third-order valence-electron chi connectivity index (χ3n) is 16.5. The van der Waals surface area contributed by atoms with Crippen LogP contribution in [0.3, 0.4) is 0 Å². The van der Waals surface area contributed by atoms with Gasteiger partial charge in [0.05, 0.1) is 24.5 Å². The molecule has 5 rings (SSSR count). The summed E-state index contributed by atoms with van der Waals surface area (Å²) in [6.45, 7) is 33.3. The molecule has 12 atom stereocenters. The van der Waals surface area contributed by atoms with Crippen molar-refractivity contribution in [3.05, 3.63) is 35.0 Å². The Morgan fingerprint density at radius 2 is 1.77 bits per heavy atom. The van der Waals surface area contributed by atoms with E-state index in [4.69, 9.17) is 15.6 Å². The fourth-order valence-corrected chi connectivity index (χ4v) is 12.6. The molecule has 1 heterocycles. The molecule has 3 fully saturated rings. The van der Waals surface area contributed by atoms with E-state index >= 15 is 0 Å². The third kappa shape index (κ3) is 5.44.